The number of carbonyl (C=O) groups excluding carboxylic acids is 1. The zero-order valence-electron chi connectivity index (χ0n) is 10.0. The molecule has 0 aliphatic rings. The Morgan fingerprint density at radius 3 is 3.00 bits per heavy atom. The minimum absolute atomic E-state index is 0.216. The lowest BCUT2D eigenvalue weighted by Gasteiger charge is -2.01. The first kappa shape index (κ1) is 12.6. The zero-order valence-corrected chi connectivity index (χ0v) is 10.8. The molecule has 18 heavy (non-hydrogen) atoms. The smallest absolute Gasteiger partial charge is 0.256 e. The number of nitrogens with one attached hydrogen (secondary N) is 2. The summed E-state index contributed by atoms with van der Waals surface area (Å²) in [4.78, 5) is 11.9. The number of nitrogens with zero attached hydrogens (tertiary/aromatic N) is 1. The van der Waals surface area contributed by atoms with Crippen LogP contribution in [0.25, 0.3) is 0 Å². The molecule has 1 amide bonds. The van der Waals surface area contributed by atoms with Gasteiger partial charge in [0.25, 0.3) is 5.91 Å². The van der Waals surface area contributed by atoms with Gasteiger partial charge in [-0.05, 0) is 24.6 Å². The predicted octanol–water partition coefficient (Wildman–Crippen LogP) is 3.27. The first-order chi connectivity index (χ1) is 8.69. The van der Waals surface area contributed by atoms with Crippen molar-refractivity contribution < 1.29 is 4.79 Å². The van der Waals surface area contributed by atoms with E-state index in [1.807, 2.05) is 6.07 Å². The second kappa shape index (κ2) is 5.69. The molecule has 0 radical (unpaired) electrons. The number of carbonyl (C=O) groups is 1. The van der Waals surface area contributed by atoms with Crippen LogP contribution in [0.15, 0.2) is 30.3 Å². The molecule has 2 rings (SSSR count). The van der Waals surface area contributed by atoms with Gasteiger partial charge in [0.05, 0.1) is 0 Å². The summed E-state index contributed by atoms with van der Waals surface area (Å²) in [7, 11) is 0. The van der Waals surface area contributed by atoms with Gasteiger partial charge >= 0.3 is 0 Å². The molecule has 1 aromatic heterocycles. The lowest BCUT2D eigenvalue weighted by molar-refractivity contribution is 0.102. The van der Waals surface area contributed by atoms with Gasteiger partial charge in [-0.25, -0.2) is 0 Å². The quantitative estimate of drug-likeness (QED) is 0.889. The summed E-state index contributed by atoms with van der Waals surface area (Å²) in [6, 6.07) is 8.64. The zero-order chi connectivity index (χ0) is 13.0. The van der Waals surface area contributed by atoms with Gasteiger partial charge in [-0.15, -0.1) is 0 Å². The molecule has 4 nitrogen and oxygen atoms in total. The second-order valence-electron chi connectivity index (χ2n) is 3.99. The van der Waals surface area contributed by atoms with Gasteiger partial charge in [-0.1, -0.05) is 31.0 Å². The number of hydrogen-bond acceptors (Lipinski definition) is 2. The molecule has 1 aromatic carbocycles. The number of amides is 1. The van der Waals surface area contributed by atoms with Gasteiger partial charge < -0.3 is 5.32 Å². The molecule has 1 heterocycles. The maximum absolute atomic E-state index is 11.9. The molecule has 0 bridgehead atoms. The van der Waals surface area contributed by atoms with Gasteiger partial charge in [-0.2, -0.15) is 5.10 Å². The number of rotatable bonds is 4. The summed E-state index contributed by atoms with van der Waals surface area (Å²) in [6.45, 7) is 2.09. The molecule has 0 aliphatic heterocycles. The van der Waals surface area contributed by atoms with Crippen LogP contribution in [0.5, 0.6) is 0 Å². The molecule has 0 aliphatic carbocycles. The number of aryl methyl sites for hydroxylation is 1. The number of aromatic nitrogens is 2. The molecule has 0 saturated carbocycles. The molecule has 0 saturated heterocycles. The Hall–Kier alpha value is -1.81. The van der Waals surface area contributed by atoms with E-state index < -0.39 is 0 Å². The summed E-state index contributed by atoms with van der Waals surface area (Å²) in [5.41, 5.74) is 1.53. The highest BCUT2D eigenvalue weighted by Gasteiger charge is 2.08. The van der Waals surface area contributed by atoms with E-state index in [1.165, 1.54) is 0 Å². The average Bonchev–Trinajstić information content (AvgIpc) is 2.77. The number of H-pyrrole nitrogens is 1. The molecule has 2 N–H and O–H groups in total. The summed E-state index contributed by atoms with van der Waals surface area (Å²) in [5.74, 6) is 0.315. The van der Waals surface area contributed by atoms with Gasteiger partial charge in [0.15, 0.2) is 5.82 Å². The van der Waals surface area contributed by atoms with Crippen LogP contribution in [0.4, 0.5) is 5.82 Å². The van der Waals surface area contributed by atoms with E-state index in [4.69, 9.17) is 11.6 Å². The Labute approximate surface area is 110 Å². The predicted molar refractivity (Wildman–Crippen MR) is 72.0 cm³/mol. The first-order valence-corrected chi connectivity index (χ1v) is 6.18. The summed E-state index contributed by atoms with van der Waals surface area (Å²) < 4.78 is 0. The monoisotopic (exact) mass is 263 g/mol. The van der Waals surface area contributed by atoms with Crippen LogP contribution in [-0.2, 0) is 6.42 Å². The molecule has 0 unspecified atom stereocenters. The molecule has 0 atom stereocenters. The third-order valence-corrected chi connectivity index (χ3v) is 2.71. The van der Waals surface area contributed by atoms with Crippen molar-refractivity contribution in [2.24, 2.45) is 0 Å². The molecular weight excluding hydrogens is 250 g/mol. The number of anilines is 1. The summed E-state index contributed by atoms with van der Waals surface area (Å²) in [5, 5.41) is 10.2. The Kier molecular flexibility index (Phi) is 3.99. The third kappa shape index (κ3) is 3.11. The van der Waals surface area contributed by atoms with Crippen LogP contribution in [0.3, 0.4) is 0 Å². The van der Waals surface area contributed by atoms with Crippen molar-refractivity contribution in [2.45, 2.75) is 19.8 Å². The lowest BCUT2D eigenvalue weighted by Crippen LogP contribution is -2.11. The van der Waals surface area contributed by atoms with Crippen molar-refractivity contribution in [1.82, 2.24) is 10.2 Å². The van der Waals surface area contributed by atoms with E-state index in [2.05, 4.69) is 22.4 Å². The van der Waals surface area contributed by atoms with Crippen molar-refractivity contribution in [1.29, 1.82) is 0 Å². The van der Waals surface area contributed by atoms with E-state index in [0.717, 1.165) is 18.5 Å². The van der Waals surface area contributed by atoms with E-state index >= 15 is 0 Å². The van der Waals surface area contributed by atoms with Gasteiger partial charge in [-0.3, -0.25) is 9.89 Å². The minimum atomic E-state index is -0.216. The highest BCUT2D eigenvalue weighted by Crippen LogP contribution is 2.13. The highest BCUT2D eigenvalue weighted by molar-refractivity contribution is 6.31. The number of aromatic amines is 1. The van der Waals surface area contributed by atoms with E-state index in [-0.39, 0.29) is 5.91 Å². The van der Waals surface area contributed by atoms with Crippen molar-refractivity contribution in [3.63, 3.8) is 0 Å². The van der Waals surface area contributed by atoms with Gasteiger partial charge in [0, 0.05) is 22.3 Å². The third-order valence-electron chi connectivity index (χ3n) is 2.48. The van der Waals surface area contributed by atoms with Crippen LogP contribution in [0, 0.1) is 0 Å². The molecule has 94 valence electrons. The van der Waals surface area contributed by atoms with Crippen LogP contribution >= 0.6 is 11.6 Å². The second-order valence-corrected chi connectivity index (χ2v) is 4.43. The molecule has 5 heteroatoms. The van der Waals surface area contributed by atoms with Crippen LogP contribution in [0.2, 0.25) is 5.02 Å². The molecule has 0 spiro atoms. The maximum atomic E-state index is 11.9. The van der Waals surface area contributed by atoms with Crippen molar-refractivity contribution in [3.8, 4) is 0 Å². The van der Waals surface area contributed by atoms with E-state index in [1.54, 1.807) is 24.3 Å². The topological polar surface area (TPSA) is 57.8 Å². The van der Waals surface area contributed by atoms with Gasteiger partial charge in [0.1, 0.15) is 0 Å². The number of benzene rings is 1. The first-order valence-electron chi connectivity index (χ1n) is 5.80. The highest BCUT2D eigenvalue weighted by atomic mass is 35.5. The Balaban J connectivity index is 2.06. The minimum Gasteiger partial charge on any atom is -0.305 e. The van der Waals surface area contributed by atoms with E-state index in [9.17, 15) is 4.79 Å². The normalized spacial score (nSPS) is 10.3. The molecular formula is C13H14ClN3O. The maximum Gasteiger partial charge on any atom is 0.256 e. The average molecular weight is 264 g/mol. The Morgan fingerprint density at radius 2 is 2.28 bits per heavy atom. The Bertz CT molecular complexity index is 551. The fourth-order valence-electron chi connectivity index (χ4n) is 1.64. The van der Waals surface area contributed by atoms with Crippen LogP contribution in [0.1, 0.15) is 29.4 Å². The molecule has 2 aromatic rings. The van der Waals surface area contributed by atoms with Crippen molar-refractivity contribution in [3.05, 3.63) is 46.6 Å². The largest absolute Gasteiger partial charge is 0.305 e. The van der Waals surface area contributed by atoms with Crippen LogP contribution < -0.4 is 5.32 Å². The number of hydrogen-bond donors (Lipinski definition) is 2. The van der Waals surface area contributed by atoms with Crippen molar-refractivity contribution >= 4 is 23.3 Å². The lowest BCUT2D eigenvalue weighted by atomic mass is 10.2. The van der Waals surface area contributed by atoms with E-state index in [0.29, 0.717) is 16.4 Å². The Morgan fingerprint density at radius 1 is 1.44 bits per heavy atom. The van der Waals surface area contributed by atoms with Crippen molar-refractivity contribution in [2.75, 3.05) is 5.32 Å². The van der Waals surface area contributed by atoms with Crippen LogP contribution in [-0.4, -0.2) is 16.1 Å². The summed E-state index contributed by atoms with van der Waals surface area (Å²) >= 11 is 5.84. The fraction of sp³-hybridized carbons (Fsp3) is 0.231. The van der Waals surface area contributed by atoms with Gasteiger partial charge in [0.2, 0.25) is 0 Å². The standard InChI is InChI=1S/C13H14ClN3O/c1-2-4-11-8-12(17-16-11)15-13(18)9-5-3-6-10(14)7-9/h3,5-8H,2,4H2,1H3,(H2,15,16,17,18). The SMILES string of the molecule is CCCc1cc(NC(=O)c2cccc(Cl)c2)n[nH]1. The summed E-state index contributed by atoms with van der Waals surface area (Å²) in [6.07, 6.45) is 1.95. The fourth-order valence-corrected chi connectivity index (χ4v) is 1.83. The number of halogens is 1. The molecule has 0 fully saturated rings.